The first-order valence-electron chi connectivity index (χ1n) is 23.4. The summed E-state index contributed by atoms with van der Waals surface area (Å²) >= 11 is 0. The molecule has 0 aromatic heterocycles. The molecule has 0 aliphatic carbocycles. The van der Waals surface area contributed by atoms with Gasteiger partial charge in [0.25, 0.3) is 7.82 Å². The maximum Gasteiger partial charge on any atom is 0.306 e. The molecule has 0 bridgehead atoms. The lowest BCUT2D eigenvalue weighted by Crippen LogP contribution is -2.37. The Morgan fingerprint density at radius 1 is 0.544 bits per heavy atom. The van der Waals surface area contributed by atoms with Crippen molar-refractivity contribution < 1.29 is 51.5 Å². The maximum absolute atomic E-state index is 12.9. The predicted molar refractivity (Wildman–Crippen MR) is 270 cm³/mol. The number of phosphoric ester groups is 1. The first-order valence-corrected chi connectivity index (χ1v) is 24.9. The van der Waals surface area contributed by atoms with Crippen LogP contribution >= 0.6 is 7.82 Å². The summed E-state index contributed by atoms with van der Waals surface area (Å²) in [6.45, 7) is 0.421. The van der Waals surface area contributed by atoms with Crippen molar-refractivity contribution in [2.45, 2.75) is 57.5 Å². The molecule has 0 fully saturated rings. The summed E-state index contributed by atoms with van der Waals surface area (Å²) in [5, 5.41) is 4.83. The number of ether oxygens (including phenoxy) is 4. The number of fused-ring (bicyclic) bond motifs is 2. The number of carbonyl (C=O) groups excluding carboxylic acids is 2. The Labute approximate surface area is 401 Å². The second-order valence-electron chi connectivity index (χ2n) is 17.6. The summed E-state index contributed by atoms with van der Waals surface area (Å²) in [5.74, 6) is 0.483. The van der Waals surface area contributed by atoms with E-state index in [1.807, 2.05) is 93.9 Å². The molecule has 0 heterocycles. The minimum atomic E-state index is -4.71. The molecule has 12 heteroatoms. The third-order valence-electron chi connectivity index (χ3n) is 11.1. The van der Waals surface area contributed by atoms with E-state index in [-0.39, 0.29) is 26.1 Å². The van der Waals surface area contributed by atoms with Crippen molar-refractivity contribution in [3.8, 4) is 11.5 Å². The molecule has 0 saturated heterocycles. The fourth-order valence-electron chi connectivity index (χ4n) is 7.25. The van der Waals surface area contributed by atoms with Crippen molar-refractivity contribution in [2.75, 3.05) is 60.7 Å². The third-order valence-corrected chi connectivity index (χ3v) is 12.0. The molecule has 0 aliphatic rings. The number of benzene rings is 6. The molecule has 6 aromatic rings. The summed E-state index contributed by atoms with van der Waals surface area (Å²) in [4.78, 5) is 38.0. The molecule has 0 N–H and O–H groups in total. The van der Waals surface area contributed by atoms with Crippen LogP contribution in [0.25, 0.3) is 45.8 Å². The fourth-order valence-corrected chi connectivity index (χ4v) is 7.98. The van der Waals surface area contributed by atoms with E-state index in [0.717, 1.165) is 53.0 Å². The first-order chi connectivity index (χ1) is 32.9. The van der Waals surface area contributed by atoms with Crippen molar-refractivity contribution >= 4 is 65.6 Å². The molecule has 0 radical (unpaired) electrons. The van der Waals surface area contributed by atoms with E-state index >= 15 is 0 Å². The van der Waals surface area contributed by atoms with E-state index in [9.17, 15) is 19.0 Å². The number of rotatable bonds is 28. The van der Waals surface area contributed by atoms with Crippen molar-refractivity contribution in [2.24, 2.45) is 0 Å². The number of unbranched alkanes of at least 4 members (excludes halogenated alkanes) is 4. The number of hydrogen-bond acceptors (Lipinski definition) is 10. The number of hydrogen-bond donors (Lipinski definition) is 0. The molecule has 0 saturated carbocycles. The highest BCUT2D eigenvalue weighted by atomic mass is 31.2. The van der Waals surface area contributed by atoms with Crippen LogP contribution in [0.5, 0.6) is 11.5 Å². The third kappa shape index (κ3) is 18.2. The zero-order chi connectivity index (χ0) is 48.0. The van der Waals surface area contributed by atoms with E-state index in [1.54, 1.807) is 0 Å². The SMILES string of the molecule is C[N+](C)(C)CCOP(=O)([O-])OC[C@@H](COC(=O)CCCCCOc1ccc(/C=C/c2cccc3ccccc23)cc1)OC(=O)CCCCCOc1ccc(/C=C/c2cccc3ccccc23)cc1. The zero-order valence-electron chi connectivity index (χ0n) is 39.5. The average molecular weight is 942 g/mol. The number of nitrogens with zero attached hydrogens (tertiary/aromatic N) is 1. The van der Waals surface area contributed by atoms with Gasteiger partial charge >= 0.3 is 11.9 Å². The van der Waals surface area contributed by atoms with Crippen LogP contribution in [0.15, 0.2) is 133 Å². The molecule has 6 rings (SSSR count). The van der Waals surface area contributed by atoms with Gasteiger partial charge in [0, 0.05) is 12.8 Å². The monoisotopic (exact) mass is 941 g/mol. The van der Waals surface area contributed by atoms with Gasteiger partial charge in [0.05, 0.1) is 41.0 Å². The Morgan fingerprint density at radius 3 is 1.54 bits per heavy atom. The lowest BCUT2D eigenvalue weighted by atomic mass is 10.0. The van der Waals surface area contributed by atoms with E-state index in [2.05, 4.69) is 85.0 Å². The lowest BCUT2D eigenvalue weighted by Gasteiger charge is -2.28. The molecule has 1 unspecified atom stereocenters. The second-order valence-corrected chi connectivity index (χ2v) is 19.1. The molecule has 68 heavy (non-hydrogen) atoms. The molecule has 358 valence electrons. The Hall–Kier alpha value is -6.07. The van der Waals surface area contributed by atoms with E-state index in [0.29, 0.717) is 43.5 Å². The normalized spacial score (nSPS) is 13.2. The fraction of sp³-hybridized carbons (Fsp3) is 0.321. The Morgan fingerprint density at radius 2 is 1.03 bits per heavy atom. The van der Waals surface area contributed by atoms with Crippen LogP contribution < -0.4 is 14.4 Å². The molecule has 0 aliphatic heterocycles. The highest BCUT2D eigenvalue weighted by Crippen LogP contribution is 2.38. The first kappa shape index (κ1) is 51.3. The van der Waals surface area contributed by atoms with Crippen LogP contribution in [-0.4, -0.2) is 83.2 Å². The smallest absolute Gasteiger partial charge is 0.306 e. The Kier molecular flexibility index (Phi) is 20.0. The largest absolute Gasteiger partial charge is 0.756 e. The highest BCUT2D eigenvalue weighted by molar-refractivity contribution is 7.45. The quantitative estimate of drug-likeness (QED) is 0.0154. The topological polar surface area (TPSA) is 130 Å². The van der Waals surface area contributed by atoms with Crippen LogP contribution in [0.2, 0.25) is 0 Å². The van der Waals surface area contributed by atoms with E-state index in [1.165, 1.54) is 21.5 Å². The van der Waals surface area contributed by atoms with Crippen molar-refractivity contribution in [3.63, 3.8) is 0 Å². The molecule has 0 amide bonds. The molecular weight excluding hydrogens is 878 g/mol. The lowest BCUT2D eigenvalue weighted by molar-refractivity contribution is -0.870. The molecule has 6 aromatic carbocycles. The van der Waals surface area contributed by atoms with Crippen LogP contribution in [0, 0.1) is 0 Å². The second kappa shape index (κ2) is 26.5. The van der Waals surface area contributed by atoms with Gasteiger partial charge in [-0.15, -0.1) is 0 Å². The number of quaternary nitrogens is 1. The number of carbonyl (C=O) groups is 2. The Bertz CT molecular complexity index is 2610. The van der Waals surface area contributed by atoms with Crippen molar-refractivity contribution in [1.29, 1.82) is 0 Å². The highest BCUT2D eigenvalue weighted by Gasteiger charge is 2.22. The van der Waals surface area contributed by atoms with Gasteiger partial charge in [0.15, 0.2) is 6.10 Å². The van der Waals surface area contributed by atoms with E-state index in [4.69, 9.17) is 28.0 Å². The summed E-state index contributed by atoms with van der Waals surface area (Å²) < 4.78 is 45.9. The summed E-state index contributed by atoms with van der Waals surface area (Å²) in [6.07, 6.45) is 11.5. The van der Waals surface area contributed by atoms with Gasteiger partial charge in [-0.1, -0.05) is 133 Å². The standard InChI is InChI=1S/C56H64NO10P/c1-57(2,3)38-41-65-68(60,61)66-43-52(67-56(59)25-7-5-13-40-63-51-36-30-45(31-37-51)27-33-49-21-15-19-47-17-9-11-23-54(47)49)42-64-55(58)24-6-4-12-39-62-50-34-28-44(29-35-50)26-32-48-20-14-18-46-16-8-10-22-53(46)48/h8-11,14-23,26-37,52H,4-7,12-13,24-25,38-43H2,1-3H3/b32-26+,33-27+/t52-/m1/s1. The van der Waals surface area contributed by atoms with Gasteiger partial charge in [0.2, 0.25) is 0 Å². The number of esters is 2. The number of likely N-dealkylation sites (N-methyl/N-ethyl adjacent to an activating group) is 1. The summed E-state index contributed by atoms with van der Waals surface area (Å²) in [7, 11) is 1.01. The van der Waals surface area contributed by atoms with Crippen LogP contribution in [0.3, 0.4) is 0 Å². The van der Waals surface area contributed by atoms with Gasteiger partial charge in [-0.05, 0) is 107 Å². The molecular formula is C56H64NO10P. The van der Waals surface area contributed by atoms with Gasteiger partial charge in [-0.25, -0.2) is 0 Å². The maximum atomic E-state index is 12.9. The Balaban J connectivity index is 0.866. The van der Waals surface area contributed by atoms with Gasteiger partial charge < -0.3 is 37.4 Å². The van der Waals surface area contributed by atoms with Crippen molar-refractivity contribution in [1.82, 2.24) is 0 Å². The van der Waals surface area contributed by atoms with Gasteiger partial charge in [0.1, 0.15) is 31.3 Å². The zero-order valence-corrected chi connectivity index (χ0v) is 40.4. The van der Waals surface area contributed by atoms with Crippen LogP contribution in [-0.2, 0) is 32.7 Å². The minimum Gasteiger partial charge on any atom is -0.756 e. The van der Waals surface area contributed by atoms with Crippen molar-refractivity contribution in [3.05, 3.63) is 156 Å². The molecule has 11 nitrogen and oxygen atoms in total. The summed E-state index contributed by atoms with van der Waals surface area (Å²) in [6, 6.07) is 45.0. The van der Waals surface area contributed by atoms with Gasteiger partial charge in [-0.2, -0.15) is 0 Å². The van der Waals surface area contributed by atoms with Crippen LogP contribution in [0.4, 0.5) is 0 Å². The number of phosphoric acid groups is 1. The molecule has 2 atom stereocenters. The average Bonchev–Trinajstić information content (AvgIpc) is 3.33. The summed E-state index contributed by atoms with van der Waals surface area (Å²) in [5.41, 5.74) is 4.44. The minimum absolute atomic E-state index is 0.0786. The van der Waals surface area contributed by atoms with Gasteiger partial charge in [-0.3, -0.25) is 14.2 Å². The molecule has 0 spiro atoms. The van der Waals surface area contributed by atoms with E-state index < -0.39 is 32.5 Å². The predicted octanol–water partition coefficient (Wildman–Crippen LogP) is 11.6. The van der Waals surface area contributed by atoms with Crippen LogP contribution in [0.1, 0.15) is 73.6 Å².